The smallest absolute Gasteiger partial charge is 0.338 e. The molecule has 1 rings (SSSR count). The van der Waals surface area contributed by atoms with E-state index in [1.807, 2.05) is 6.07 Å². The van der Waals surface area contributed by atoms with Crippen molar-refractivity contribution in [1.82, 2.24) is 4.98 Å². The van der Waals surface area contributed by atoms with Crippen LogP contribution in [-0.4, -0.2) is 17.6 Å². The number of carbonyl (C=O) groups excluding carboxylic acids is 1. The van der Waals surface area contributed by atoms with E-state index < -0.39 is 5.97 Å². The normalized spacial score (nSPS) is 9.21. The SMILES string of the molecule is CCOC(=O)c1cc(C#N)ncc1C. The van der Waals surface area contributed by atoms with Crippen LogP contribution < -0.4 is 0 Å². The Morgan fingerprint density at radius 2 is 2.43 bits per heavy atom. The summed E-state index contributed by atoms with van der Waals surface area (Å²) < 4.78 is 4.83. The van der Waals surface area contributed by atoms with Crippen LogP contribution in [0.15, 0.2) is 12.3 Å². The number of ether oxygens (including phenoxy) is 1. The minimum atomic E-state index is -0.413. The fraction of sp³-hybridized carbons (Fsp3) is 0.300. The van der Waals surface area contributed by atoms with E-state index in [0.29, 0.717) is 17.7 Å². The molecule has 0 aliphatic carbocycles. The summed E-state index contributed by atoms with van der Waals surface area (Å²) in [4.78, 5) is 15.2. The van der Waals surface area contributed by atoms with E-state index >= 15 is 0 Å². The maximum Gasteiger partial charge on any atom is 0.338 e. The first-order valence-corrected chi connectivity index (χ1v) is 4.23. The Morgan fingerprint density at radius 3 is 3.00 bits per heavy atom. The average molecular weight is 190 g/mol. The second-order valence-corrected chi connectivity index (χ2v) is 2.72. The van der Waals surface area contributed by atoms with E-state index in [2.05, 4.69) is 4.98 Å². The molecule has 0 atom stereocenters. The molecule has 0 spiro atoms. The van der Waals surface area contributed by atoms with Gasteiger partial charge in [0.1, 0.15) is 11.8 Å². The van der Waals surface area contributed by atoms with Crippen LogP contribution in [0.3, 0.4) is 0 Å². The van der Waals surface area contributed by atoms with Crippen molar-refractivity contribution in [2.45, 2.75) is 13.8 Å². The molecule has 0 aromatic carbocycles. The van der Waals surface area contributed by atoms with Gasteiger partial charge in [-0.05, 0) is 25.5 Å². The summed E-state index contributed by atoms with van der Waals surface area (Å²) in [6.07, 6.45) is 1.49. The second-order valence-electron chi connectivity index (χ2n) is 2.72. The molecule has 14 heavy (non-hydrogen) atoms. The number of carbonyl (C=O) groups is 1. The molecule has 4 nitrogen and oxygen atoms in total. The van der Waals surface area contributed by atoms with Gasteiger partial charge in [0.05, 0.1) is 12.2 Å². The van der Waals surface area contributed by atoms with Gasteiger partial charge in [-0.2, -0.15) is 5.26 Å². The summed E-state index contributed by atoms with van der Waals surface area (Å²) in [5.41, 5.74) is 1.33. The van der Waals surface area contributed by atoms with Crippen LogP contribution in [0.4, 0.5) is 0 Å². The summed E-state index contributed by atoms with van der Waals surface area (Å²) in [5, 5.41) is 8.60. The number of hydrogen-bond acceptors (Lipinski definition) is 4. The molecule has 0 saturated heterocycles. The highest BCUT2D eigenvalue weighted by Gasteiger charge is 2.10. The van der Waals surface area contributed by atoms with Gasteiger partial charge < -0.3 is 4.74 Å². The molecule has 1 aromatic rings. The quantitative estimate of drug-likeness (QED) is 0.662. The molecule has 0 aliphatic heterocycles. The van der Waals surface area contributed by atoms with Crippen LogP contribution in [0.5, 0.6) is 0 Å². The standard InChI is InChI=1S/C10H10N2O2/c1-3-14-10(13)9-4-8(5-11)12-6-7(9)2/h4,6H,3H2,1-2H3. The lowest BCUT2D eigenvalue weighted by molar-refractivity contribution is 0.0525. The van der Waals surface area contributed by atoms with Crippen molar-refractivity contribution in [3.05, 3.63) is 29.1 Å². The fourth-order valence-corrected chi connectivity index (χ4v) is 1.01. The highest BCUT2D eigenvalue weighted by atomic mass is 16.5. The first-order valence-electron chi connectivity index (χ1n) is 4.23. The Kier molecular flexibility index (Phi) is 3.19. The summed E-state index contributed by atoms with van der Waals surface area (Å²) in [6.45, 7) is 3.81. The summed E-state index contributed by atoms with van der Waals surface area (Å²) in [7, 11) is 0. The van der Waals surface area contributed by atoms with Crippen molar-refractivity contribution < 1.29 is 9.53 Å². The highest BCUT2D eigenvalue weighted by molar-refractivity contribution is 5.91. The number of hydrogen-bond donors (Lipinski definition) is 0. The third kappa shape index (κ3) is 2.07. The molecule has 0 unspecified atom stereocenters. The van der Waals surface area contributed by atoms with E-state index in [1.54, 1.807) is 13.8 Å². The molecule has 0 saturated carbocycles. The predicted octanol–water partition coefficient (Wildman–Crippen LogP) is 1.44. The van der Waals surface area contributed by atoms with Gasteiger partial charge in [0, 0.05) is 6.20 Å². The number of aryl methyl sites for hydroxylation is 1. The van der Waals surface area contributed by atoms with Crippen molar-refractivity contribution in [2.75, 3.05) is 6.61 Å². The van der Waals surface area contributed by atoms with Gasteiger partial charge in [0.15, 0.2) is 0 Å². The van der Waals surface area contributed by atoms with Crippen molar-refractivity contribution in [3.8, 4) is 6.07 Å². The first-order chi connectivity index (χ1) is 6.69. The lowest BCUT2D eigenvalue weighted by Crippen LogP contribution is -2.07. The van der Waals surface area contributed by atoms with Crippen molar-refractivity contribution in [1.29, 1.82) is 5.26 Å². The molecule has 0 fully saturated rings. The van der Waals surface area contributed by atoms with Crippen LogP contribution in [0.25, 0.3) is 0 Å². The van der Waals surface area contributed by atoms with Gasteiger partial charge >= 0.3 is 5.97 Å². The molecular weight excluding hydrogens is 180 g/mol. The number of rotatable bonds is 2. The zero-order chi connectivity index (χ0) is 10.6. The fourth-order valence-electron chi connectivity index (χ4n) is 1.01. The summed E-state index contributed by atoms with van der Waals surface area (Å²) in [5.74, 6) is -0.413. The minimum Gasteiger partial charge on any atom is -0.462 e. The monoisotopic (exact) mass is 190 g/mol. The topological polar surface area (TPSA) is 63.0 Å². The van der Waals surface area contributed by atoms with E-state index in [1.165, 1.54) is 12.3 Å². The van der Waals surface area contributed by atoms with Crippen molar-refractivity contribution in [3.63, 3.8) is 0 Å². The summed E-state index contributed by atoms with van der Waals surface area (Å²) >= 11 is 0. The zero-order valence-electron chi connectivity index (χ0n) is 8.07. The summed E-state index contributed by atoms with van der Waals surface area (Å²) in [6, 6.07) is 3.31. The van der Waals surface area contributed by atoms with Crippen molar-refractivity contribution in [2.24, 2.45) is 0 Å². The van der Waals surface area contributed by atoms with E-state index in [9.17, 15) is 4.79 Å². The van der Waals surface area contributed by atoms with Crippen molar-refractivity contribution >= 4 is 5.97 Å². The third-order valence-corrected chi connectivity index (χ3v) is 1.71. The highest BCUT2D eigenvalue weighted by Crippen LogP contribution is 2.09. The van der Waals surface area contributed by atoms with Crippen LogP contribution in [0.1, 0.15) is 28.5 Å². The Bertz CT molecular complexity index is 394. The number of nitriles is 1. The van der Waals surface area contributed by atoms with E-state index in [-0.39, 0.29) is 5.69 Å². The average Bonchev–Trinajstić information content (AvgIpc) is 2.19. The van der Waals surface area contributed by atoms with Crippen LogP contribution >= 0.6 is 0 Å². The zero-order valence-corrected chi connectivity index (χ0v) is 8.07. The number of pyridine rings is 1. The molecule has 4 heteroatoms. The third-order valence-electron chi connectivity index (χ3n) is 1.71. The molecule has 1 heterocycles. The van der Waals surface area contributed by atoms with Gasteiger partial charge in [-0.25, -0.2) is 9.78 Å². The van der Waals surface area contributed by atoms with Crippen LogP contribution in [0, 0.1) is 18.3 Å². The molecule has 0 bridgehead atoms. The molecule has 0 amide bonds. The van der Waals surface area contributed by atoms with Gasteiger partial charge in [-0.1, -0.05) is 0 Å². The Labute approximate surface area is 82.1 Å². The molecule has 0 N–H and O–H groups in total. The maximum atomic E-state index is 11.4. The number of nitrogens with zero attached hydrogens (tertiary/aromatic N) is 2. The second kappa shape index (κ2) is 4.38. The molecule has 0 aliphatic rings. The maximum absolute atomic E-state index is 11.4. The molecular formula is C10H10N2O2. The van der Waals surface area contributed by atoms with E-state index in [4.69, 9.17) is 10.00 Å². The first kappa shape index (κ1) is 10.2. The number of aromatic nitrogens is 1. The van der Waals surface area contributed by atoms with Gasteiger partial charge in [-0.15, -0.1) is 0 Å². The number of esters is 1. The van der Waals surface area contributed by atoms with Gasteiger partial charge in [0.2, 0.25) is 0 Å². The Balaban J connectivity index is 3.07. The van der Waals surface area contributed by atoms with Gasteiger partial charge in [0.25, 0.3) is 0 Å². The Morgan fingerprint density at radius 1 is 1.71 bits per heavy atom. The molecule has 72 valence electrons. The Hall–Kier alpha value is -1.89. The lowest BCUT2D eigenvalue weighted by Gasteiger charge is -2.04. The van der Waals surface area contributed by atoms with Crippen LogP contribution in [-0.2, 0) is 4.74 Å². The largest absolute Gasteiger partial charge is 0.462 e. The molecule has 1 aromatic heterocycles. The van der Waals surface area contributed by atoms with Gasteiger partial charge in [-0.3, -0.25) is 0 Å². The minimum absolute atomic E-state index is 0.221. The predicted molar refractivity (Wildman–Crippen MR) is 49.6 cm³/mol. The molecule has 0 radical (unpaired) electrons. The van der Waals surface area contributed by atoms with E-state index in [0.717, 1.165) is 0 Å². The lowest BCUT2D eigenvalue weighted by atomic mass is 10.1. The van der Waals surface area contributed by atoms with Crippen LogP contribution in [0.2, 0.25) is 0 Å².